The number of carbonyl (C=O) groups is 1. The molecule has 0 aliphatic heterocycles. The molecule has 18 heavy (non-hydrogen) atoms. The molecule has 100 valence electrons. The second-order valence-electron chi connectivity index (χ2n) is 5.34. The molecule has 0 fully saturated rings. The third-order valence-corrected chi connectivity index (χ3v) is 8.01. The lowest BCUT2D eigenvalue weighted by molar-refractivity contribution is -0.136. The Bertz CT molecular complexity index is 404. The predicted molar refractivity (Wildman–Crippen MR) is 74.5 cm³/mol. The SMILES string of the molecule is CC(C)[Si]([18F])(c1ccc(CC(=O)O)cc1)C(C)C. The topological polar surface area (TPSA) is 37.3 Å². The van der Waals surface area contributed by atoms with Gasteiger partial charge in [0.25, 0.3) is 8.41 Å². The smallest absolute Gasteiger partial charge is 0.307 e. The summed E-state index contributed by atoms with van der Waals surface area (Å²) >= 11 is 0. The van der Waals surface area contributed by atoms with Crippen LogP contribution in [0, 0.1) is 0 Å². The molecule has 0 aliphatic carbocycles. The molecular formula is C14H21FO2Si. The van der Waals surface area contributed by atoms with Crippen molar-refractivity contribution in [3.63, 3.8) is 0 Å². The summed E-state index contributed by atoms with van der Waals surface area (Å²) in [6.45, 7) is 7.71. The van der Waals surface area contributed by atoms with Crippen molar-refractivity contribution < 1.29 is 14.0 Å². The number of benzene rings is 1. The van der Waals surface area contributed by atoms with Gasteiger partial charge in [-0.15, -0.1) is 0 Å². The molecule has 0 saturated heterocycles. The lowest BCUT2D eigenvalue weighted by Gasteiger charge is -2.30. The molecule has 0 heterocycles. The normalized spacial score (nSPS) is 12.2. The number of carboxylic acids is 1. The fourth-order valence-corrected chi connectivity index (χ4v) is 5.73. The standard InChI is InChI=1S/C14H21FO2Si/c1-10(2)18(15,11(3)4)13-7-5-12(6-8-13)9-14(16)17/h5-8,10-11H,9H2,1-4H3,(H,16,17)/i15-1. The summed E-state index contributed by atoms with van der Waals surface area (Å²) in [5.74, 6) is -0.862. The molecule has 1 aromatic carbocycles. The minimum absolute atomic E-state index is 0.00945. The van der Waals surface area contributed by atoms with E-state index in [0.717, 1.165) is 10.8 Å². The highest BCUT2D eigenvalue weighted by atomic mass is 28.4. The first-order valence-electron chi connectivity index (χ1n) is 6.28. The predicted octanol–water partition coefficient (Wildman–Crippen LogP) is 3.26. The van der Waals surface area contributed by atoms with Gasteiger partial charge in [0.1, 0.15) is 0 Å². The van der Waals surface area contributed by atoms with Crippen molar-refractivity contribution in [3.05, 3.63) is 29.8 Å². The first kappa shape index (κ1) is 14.9. The first-order valence-corrected chi connectivity index (χ1v) is 8.31. The van der Waals surface area contributed by atoms with Crippen molar-refractivity contribution in [2.75, 3.05) is 0 Å². The maximum atomic E-state index is 15.2. The van der Waals surface area contributed by atoms with Crippen molar-refractivity contribution in [1.82, 2.24) is 0 Å². The van der Waals surface area contributed by atoms with Crippen molar-refractivity contribution in [2.45, 2.75) is 45.2 Å². The Morgan fingerprint density at radius 1 is 1.17 bits per heavy atom. The summed E-state index contributed by atoms with van der Waals surface area (Å²) in [5.41, 5.74) is 0.751. The van der Waals surface area contributed by atoms with Crippen LogP contribution in [-0.2, 0) is 11.2 Å². The van der Waals surface area contributed by atoms with E-state index in [1.807, 2.05) is 27.7 Å². The van der Waals surface area contributed by atoms with E-state index >= 15 is 4.11 Å². The Morgan fingerprint density at radius 2 is 1.61 bits per heavy atom. The van der Waals surface area contributed by atoms with Gasteiger partial charge in [0, 0.05) is 0 Å². The molecule has 0 spiro atoms. The Labute approximate surface area is 109 Å². The van der Waals surface area contributed by atoms with Gasteiger partial charge in [-0.2, -0.15) is 0 Å². The van der Waals surface area contributed by atoms with E-state index in [1.165, 1.54) is 0 Å². The number of carboxylic acid groups (broad SMARTS) is 1. The first-order chi connectivity index (χ1) is 8.28. The van der Waals surface area contributed by atoms with Gasteiger partial charge < -0.3 is 9.21 Å². The highest BCUT2D eigenvalue weighted by molar-refractivity contribution is 6.88. The molecule has 0 amide bonds. The van der Waals surface area contributed by atoms with Crippen molar-refractivity contribution in [3.8, 4) is 0 Å². The number of rotatable bonds is 5. The average Bonchev–Trinajstić information content (AvgIpc) is 2.27. The highest BCUT2D eigenvalue weighted by Gasteiger charge is 2.43. The van der Waals surface area contributed by atoms with Gasteiger partial charge in [-0.1, -0.05) is 52.0 Å². The molecule has 0 aromatic heterocycles. The summed E-state index contributed by atoms with van der Waals surface area (Å²) in [4.78, 5) is 10.6. The Morgan fingerprint density at radius 3 is 1.94 bits per heavy atom. The van der Waals surface area contributed by atoms with E-state index in [2.05, 4.69) is 0 Å². The van der Waals surface area contributed by atoms with Crippen LogP contribution in [0.4, 0.5) is 4.11 Å². The van der Waals surface area contributed by atoms with Gasteiger partial charge in [-0.05, 0) is 21.8 Å². The minimum atomic E-state index is -2.99. The van der Waals surface area contributed by atoms with E-state index < -0.39 is 14.4 Å². The molecule has 0 aliphatic rings. The van der Waals surface area contributed by atoms with Gasteiger partial charge in [-0.3, -0.25) is 4.79 Å². The van der Waals surface area contributed by atoms with Gasteiger partial charge in [0.15, 0.2) is 0 Å². The van der Waals surface area contributed by atoms with Crippen LogP contribution in [0.3, 0.4) is 0 Å². The lowest BCUT2D eigenvalue weighted by Crippen LogP contribution is -2.49. The summed E-state index contributed by atoms with van der Waals surface area (Å²) in [5, 5.41) is 9.47. The maximum absolute atomic E-state index is 15.2. The van der Waals surface area contributed by atoms with Crippen LogP contribution in [0.2, 0.25) is 11.1 Å². The van der Waals surface area contributed by atoms with Crippen LogP contribution in [0.5, 0.6) is 0 Å². The van der Waals surface area contributed by atoms with E-state index in [-0.39, 0.29) is 17.5 Å². The molecule has 1 N–H and O–H groups in total. The molecule has 0 radical (unpaired) electrons. The van der Waals surface area contributed by atoms with Gasteiger partial charge >= 0.3 is 5.97 Å². The molecule has 0 unspecified atom stereocenters. The molecule has 0 bridgehead atoms. The third kappa shape index (κ3) is 2.99. The maximum Gasteiger partial charge on any atom is 0.307 e. The van der Waals surface area contributed by atoms with Crippen molar-refractivity contribution in [2.24, 2.45) is 0 Å². The molecule has 0 atom stereocenters. The van der Waals surface area contributed by atoms with Crippen LogP contribution in [0.25, 0.3) is 0 Å². The largest absolute Gasteiger partial charge is 0.481 e. The van der Waals surface area contributed by atoms with Crippen molar-refractivity contribution >= 4 is 19.6 Å². The summed E-state index contributed by atoms with van der Waals surface area (Å²) in [6.07, 6.45) is -0.00945. The zero-order chi connectivity index (χ0) is 13.9. The monoisotopic (exact) mass is 267 g/mol. The van der Waals surface area contributed by atoms with Crippen LogP contribution >= 0.6 is 0 Å². The quantitative estimate of drug-likeness (QED) is 0.657. The van der Waals surface area contributed by atoms with Crippen LogP contribution in [-0.4, -0.2) is 19.5 Å². The second-order valence-corrected chi connectivity index (χ2v) is 9.77. The van der Waals surface area contributed by atoms with Crippen LogP contribution < -0.4 is 5.19 Å². The number of hydrogen-bond donors (Lipinski definition) is 1. The highest BCUT2D eigenvalue weighted by Crippen LogP contribution is 2.33. The summed E-state index contributed by atoms with van der Waals surface area (Å²) in [6, 6.07) is 7.00. The Hall–Kier alpha value is -1.16. The molecule has 0 saturated carbocycles. The lowest BCUT2D eigenvalue weighted by atomic mass is 10.2. The fraction of sp³-hybridized carbons (Fsp3) is 0.500. The summed E-state index contributed by atoms with van der Waals surface area (Å²) in [7, 11) is -2.99. The van der Waals surface area contributed by atoms with Crippen molar-refractivity contribution in [1.29, 1.82) is 0 Å². The molecular weight excluding hydrogens is 246 g/mol. The molecule has 2 nitrogen and oxygen atoms in total. The Balaban J connectivity index is 3.05. The Kier molecular flexibility index (Phi) is 4.68. The van der Waals surface area contributed by atoms with E-state index in [9.17, 15) is 4.79 Å². The average molecular weight is 267 g/mol. The van der Waals surface area contributed by atoms with Gasteiger partial charge in [0.05, 0.1) is 6.42 Å². The fourth-order valence-electron chi connectivity index (χ4n) is 2.39. The van der Waals surface area contributed by atoms with E-state index in [1.54, 1.807) is 24.3 Å². The minimum Gasteiger partial charge on any atom is -0.481 e. The van der Waals surface area contributed by atoms with E-state index in [0.29, 0.717) is 0 Å². The second kappa shape index (κ2) is 5.65. The van der Waals surface area contributed by atoms with E-state index in [4.69, 9.17) is 5.11 Å². The molecule has 1 aromatic rings. The number of hydrogen-bond acceptors (Lipinski definition) is 1. The number of aliphatic carboxylic acids is 1. The third-order valence-electron chi connectivity index (χ3n) is 3.43. The van der Waals surface area contributed by atoms with Crippen LogP contribution in [0.15, 0.2) is 24.3 Å². The zero-order valence-electron chi connectivity index (χ0n) is 11.4. The molecule has 1 rings (SSSR count). The summed E-state index contributed by atoms with van der Waals surface area (Å²) < 4.78 is 15.2. The zero-order valence-corrected chi connectivity index (χ0v) is 12.4. The number of halogens is 1. The van der Waals surface area contributed by atoms with Gasteiger partial charge in [-0.25, -0.2) is 0 Å². The van der Waals surface area contributed by atoms with Gasteiger partial charge in [0.2, 0.25) is 0 Å². The van der Waals surface area contributed by atoms with Crippen LogP contribution in [0.1, 0.15) is 33.3 Å². The molecule has 4 heteroatoms.